The Morgan fingerprint density at radius 2 is 2.14 bits per heavy atom. The summed E-state index contributed by atoms with van der Waals surface area (Å²) in [6.07, 6.45) is 4.08. The third-order valence-corrected chi connectivity index (χ3v) is 1.79. The summed E-state index contributed by atoms with van der Waals surface area (Å²) in [5.74, 6) is -0.0660. The van der Waals surface area contributed by atoms with Crippen molar-refractivity contribution in [3.8, 4) is 0 Å². The van der Waals surface area contributed by atoms with E-state index in [2.05, 4.69) is 26.8 Å². The largest absolute Gasteiger partial charge is 2.00 e. The zero-order valence-electron chi connectivity index (χ0n) is 9.08. The minimum Gasteiger partial charge on any atom is -0.364 e. The van der Waals surface area contributed by atoms with E-state index in [1.165, 1.54) is 5.57 Å². The van der Waals surface area contributed by atoms with Crippen LogP contribution in [0.15, 0.2) is 11.6 Å². The maximum atomic E-state index is 10.7. The molecule has 2 nitrogen and oxygen atoms in total. The van der Waals surface area contributed by atoms with Crippen LogP contribution in [-0.4, -0.2) is 23.9 Å². The monoisotopic (exact) mass is 365 g/mol. The van der Waals surface area contributed by atoms with Gasteiger partial charge in [0.15, 0.2) is 0 Å². The second-order valence-corrected chi connectivity index (χ2v) is 3.14. The summed E-state index contributed by atoms with van der Waals surface area (Å²) in [6, 6.07) is 0. The quantitative estimate of drug-likeness (QED) is 0.476. The van der Waals surface area contributed by atoms with Gasteiger partial charge in [0.2, 0.25) is 0 Å². The summed E-state index contributed by atoms with van der Waals surface area (Å²) < 4.78 is 0. The van der Waals surface area contributed by atoms with Crippen LogP contribution in [0.2, 0.25) is 0 Å². The summed E-state index contributed by atoms with van der Waals surface area (Å²) in [5.41, 5.74) is 1.37. The number of hydrogen-bond donors (Lipinski definition) is 0. The predicted octanol–water partition coefficient (Wildman–Crippen LogP) is 2.23. The van der Waals surface area contributed by atoms with Crippen LogP contribution in [0.25, 0.3) is 0 Å². The fraction of sp³-hybridized carbons (Fsp3) is 0.545. The van der Waals surface area contributed by atoms with Crippen molar-refractivity contribution in [1.82, 2.24) is 4.90 Å². The molecule has 0 spiro atoms. The van der Waals surface area contributed by atoms with Crippen LogP contribution in [0.1, 0.15) is 26.7 Å². The molecular weight excluding hydrogens is 346 g/mol. The Bertz CT molecular complexity index is 190. The second kappa shape index (κ2) is 9.33. The first-order valence-corrected chi connectivity index (χ1v) is 4.67. The van der Waals surface area contributed by atoms with Gasteiger partial charge in [-0.25, -0.2) is 0 Å². The topological polar surface area (TPSA) is 20.3 Å². The molecule has 0 bridgehead atoms. The van der Waals surface area contributed by atoms with Gasteiger partial charge in [0.05, 0.1) is 5.91 Å². The SMILES string of the molecule is [CH2-]C(=O)N1CC=C(C)CC1.[CH2-]CC.[W+2]. The van der Waals surface area contributed by atoms with Crippen LogP contribution in [0.4, 0.5) is 0 Å². The maximum Gasteiger partial charge on any atom is 2.00 e. The molecule has 1 aliphatic rings. The van der Waals surface area contributed by atoms with Gasteiger partial charge in [0.1, 0.15) is 0 Å². The first-order valence-electron chi connectivity index (χ1n) is 4.67. The van der Waals surface area contributed by atoms with Crippen molar-refractivity contribution < 1.29 is 25.9 Å². The number of nitrogens with zero attached hydrogens (tertiary/aromatic N) is 1. The zero-order valence-corrected chi connectivity index (χ0v) is 12.0. The first-order chi connectivity index (χ1) is 6.11. The zero-order chi connectivity index (χ0) is 10.3. The Morgan fingerprint density at radius 3 is 2.43 bits per heavy atom. The van der Waals surface area contributed by atoms with Crippen LogP contribution in [-0.2, 0) is 25.9 Å². The minimum atomic E-state index is -0.0660. The predicted molar refractivity (Wildman–Crippen MR) is 56.0 cm³/mol. The average molecular weight is 365 g/mol. The van der Waals surface area contributed by atoms with Crippen molar-refractivity contribution in [3.63, 3.8) is 0 Å². The van der Waals surface area contributed by atoms with Crippen LogP contribution < -0.4 is 0 Å². The molecule has 0 fully saturated rings. The fourth-order valence-electron chi connectivity index (χ4n) is 0.997. The number of carbonyl (C=O) groups excluding carboxylic acids is 1. The number of carbonyl (C=O) groups is 1. The third kappa shape index (κ3) is 7.20. The van der Waals surface area contributed by atoms with Crippen LogP contribution in [0, 0.1) is 13.8 Å². The van der Waals surface area contributed by atoms with Gasteiger partial charge in [-0.05, 0) is 13.3 Å². The van der Waals surface area contributed by atoms with E-state index in [4.69, 9.17) is 0 Å². The van der Waals surface area contributed by atoms with E-state index in [-0.39, 0.29) is 27.0 Å². The normalized spacial score (nSPS) is 14.5. The molecule has 1 heterocycles. The van der Waals surface area contributed by atoms with Gasteiger partial charge >= 0.3 is 21.1 Å². The van der Waals surface area contributed by atoms with Gasteiger partial charge < -0.3 is 23.5 Å². The molecule has 0 unspecified atom stereocenters. The summed E-state index contributed by atoms with van der Waals surface area (Å²) >= 11 is 0. The summed E-state index contributed by atoms with van der Waals surface area (Å²) in [7, 11) is 0. The molecule has 0 N–H and O–H groups in total. The Balaban J connectivity index is 0. The van der Waals surface area contributed by atoms with Gasteiger partial charge in [-0.1, -0.05) is 18.6 Å². The number of amides is 1. The molecule has 80 valence electrons. The molecule has 3 heteroatoms. The molecule has 0 aromatic carbocycles. The molecule has 0 aromatic rings. The van der Waals surface area contributed by atoms with Crippen LogP contribution in [0.3, 0.4) is 0 Å². The average Bonchev–Trinajstić information content (AvgIpc) is 2.06. The van der Waals surface area contributed by atoms with E-state index in [0.29, 0.717) is 0 Å². The van der Waals surface area contributed by atoms with Gasteiger partial charge in [0, 0.05) is 13.1 Å². The molecule has 0 atom stereocenters. The molecule has 1 rings (SSSR count). The maximum absolute atomic E-state index is 10.7. The molecule has 0 saturated carbocycles. The van der Waals surface area contributed by atoms with Crippen molar-refractivity contribution in [2.24, 2.45) is 0 Å². The molecule has 0 saturated heterocycles. The van der Waals surface area contributed by atoms with E-state index in [1.807, 2.05) is 6.92 Å². The van der Waals surface area contributed by atoms with Crippen molar-refractivity contribution in [2.75, 3.05) is 13.1 Å². The molecule has 1 amide bonds. The molecule has 0 radical (unpaired) electrons. The summed E-state index contributed by atoms with van der Waals surface area (Å²) in [6.45, 7) is 12.5. The fourth-order valence-corrected chi connectivity index (χ4v) is 0.997. The van der Waals surface area contributed by atoms with Crippen LogP contribution >= 0.6 is 0 Å². The Kier molecular flexibility index (Phi) is 10.8. The third-order valence-electron chi connectivity index (χ3n) is 1.79. The van der Waals surface area contributed by atoms with Gasteiger partial charge in [-0.3, -0.25) is 0 Å². The van der Waals surface area contributed by atoms with Crippen molar-refractivity contribution in [3.05, 3.63) is 25.5 Å². The van der Waals surface area contributed by atoms with E-state index in [9.17, 15) is 4.79 Å². The van der Waals surface area contributed by atoms with Gasteiger partial charge in [0.25, 0.3) is 0 Å². The molecular formula is C11H19NOW. The van der Waals surface area contributed by atoms with E-state index < -0.39 is 0 Å². The summed E-state index contributed by atoms with van der Waals surface area (Å²) in [5, 5.41) is 0. The van der Waals surface area contributed by atoms with E-state index in [1.54, 1.807) is 4.90 Å². The van der Waals surface area contributed by atoms with Crippen LogP contribution in [0.5, 0.6) is 0 Å². The minimum absolute atomic E-state index is 0. The molecule has 1 aliphatic heterocycles. The Morgan fingerprint density at radius 1 is 1.64 bits per heavy atom. The van der Waals surface area contributed by atoms with E-state index >= 15 is 0 Å². The summed E-state index contributed by atoms with van der Waals surface area (Å²) in [4.78, 5) is 12.4. The van der Waals surface area contributed by atoms with Gasteiger partial charge in [-0.2, -0.15) is 6.42 Å². The van der Waals surface area contributed by atoms with E-state index in [0.717, 1.165) is 25.9 Å². The Hall–Kier alpha value is -0.232. The van der Waals surface area contributed by atoms with Crippen molar-refractivity contribution >= 4 is 5.91 Å². The smallest absolute Gasteiger partial charge is 0.364 e. The molecule has 14 heavy (non-hydrogen) atoms. The van der Waals surface area contributed by atoms with Gasteiger partial charge in [-0.15, -0.1) is 0 Å². The molecule has 0 aromatic heterocycles. The first kappa shape index (κ1) is 16.2. The second-order valence-electron chi connectivity index (χ2n) is 3.14. The van der Waals surface area contributed by atoms with Crippen molar-refractivity contribution in [2.45, 2.75) is 26.7 Å². The molecule has 0 aliphatic carbocycles. The number of rotatable bonds is 0. The Labute approximate surface area is 102 Å². The van der Waals surface area contributed by atoms with Crippen molar-refractivity contribution in [1.29, 1.82) is 0 Å². The number of hydrogen-bond acceptors (Lipinski definition) is 1. The standard InChI is InChI=1S/C8H12NO.C3H7.W/c1-7-3-5-9(6-4-7)8(2)10;1-3-2;/h3H,2,4-6H2,1H3;1,3H2,2H3;/q2*-1;+2.